The van der Waals surface area contributed by atoms with E-state index in [-0.39, 0.29) is 44.8 Å². The second kappa shape index (κ2) is 22.2. The van der Waals surface area contributed by atoms with Crippen LogP contribution in [0, 0.1) is 24.7 Å². The average molecular weight is 1220 g/mol. The molecule has 10 aromatic rings. The molecule has 314 valence electrons. The largest absolute Gasteiger partial charge is 1.00 e. The van der Waals surface area contributed by atoms with E-state index in [2.05, 4.69) is 188 Å². The summed E-state index contributed by atoms with van der Waals surface area (Å²) in [5.74, 6) is 4.90. The molecule has 0 bridgehead atoms. The maximum Gasteiger partial charge on any atom is 1.00 e. The summed E-state index contributed by atoms with van der Waals surface area (Å²) in [6.45, 7) is 0. The molecule has 0 aliphatic heterocycles. The van der Waals surface area contributed by atoms with Gasteiger partial charge in [-0.2, -0.15) is 0 Å². The van der Waals surface area contributed by atoms with Gasteiger partial charge in [0.25, 0.3) is 0 Å². The number of para-hydroxylation sites is 2. The average Bonchev–Trinajstić information content (AvgIpc) is 3.93. The molecule has 64 heavy (non-hydrogen) atoms. The summed E-state index contributed by atoms with van der Waals surface area (Å²) < 4.78 is 5.69. The molecular formula is C59H42Au2OP2+2. The van der Waals surface area contributed by atoms with Gasteiger partial charge >= 0.3 is 44.8 Å². The summed E-state index contributed by atoms with van der Waals surface area (Å²) in [5, 5.41) is 10.8. The summed E-state index contributed by atoms with van der Waals surface area (Å²) in [5.41, 5.74) is 8.40. The quantitative estimate of drug-likeness (QED) is 0.0700. The van der Waals surface area contributed by atoms with Crippen molar-refractivity contribution in [3.05, 3.63) is 266 Å². The fraction of sp³-hybridized carbons (Fsp3) is 0.0169. The Morgan fingerprint density at radius 3 is 1.31 bits per heavy atom. The van der Waals surface area contributed by atoms with Crippen LogP contribution in [0.5, 0.6) is 0 Å². The molecule has 0 saturated heterocycles. The fourth-order valence-electron chi connectivity index (χ4n) is 8.41. The number of fused-ring (bicyclic) bond motifs is 6. The van der Waals surface area contributed by atoms with Crippen molar-refractivity contribution in [1.82, 2.24) is 0 Å². The molecule has 1 nitrogen and oxygen atoms in total. The maximum atomic E-state index is 7.27. The van der Waals surface area contributed by atoms with Gasteiger partial charge in [0.1, 0.15) is 53.3 Å². The first-order valence-corrected chi connectivity index (χ1v) is 23.7. The third-order valence-corrected chi connectivity index (χ3v) is 17.1. The molecule has 0 N–H and O–H groups in total. The molecule has 1 aliphatic carbocycles. The molecule has 0 atom stereocenters. The number of furan rings is 1. The Hall–Kier alpha value is -5.76. The molecule has 5 heteroatoms. The van der Waals surface area contributed by atoms with Gasteiger partial charge in [0.2, 0.25) is 0 Å². The SMILES string of the molecule is [Au+].[Au+].[C-]#Cc1cccc2c1Cc1ccccc1-2.[C-]#Cc1cccc2c1oc1ccccc12.c1ccc([PH+](c2ccccc2)c2ccccc2[PH+](c2ccccc2)c2ccccc2)cc1. The third-order valence-electron chi connectivity index (χ3n) is 11.2. The van der Waals surface area contributed by atoms with Gasteiger partial charge in [0.15, 0.2) is 0 Å². The van der Waals surface area contributed by atoms with Crippen LogP contribution < -0.4 is 31.8 Å². The van der Waals surface area contributed by atoms with Crippen molar-refractivity contribution < 1.29 is 49.2 Å². The molecular weight excluding hydrogens is 1180 g/mol. The molecule has 11 rings (SSSR count). The predicted octanol–water partition coefficient (Wildman–Crippen LogP) is 11.4. The minimum absolute atomic E-state index is 0. The minimum Gasteiger partial charge on any atom is -0.474 e. The van der Waals surface area contributed by atoms with Crippen LogP contribution in [0.1, 0.15) is 22.3 Å². The van der Waals surface area contributed by atoms with Gasteiger partial charge in [-0.3, -0.25) is 11.8 Å². The molecule has 0 amide bonds. The van der Waals surface area contributed by atoms with E-state index >= 15 is 0 Å². The van der Waals surface area contributed by atoms with E-state index in [9.17, 15) is 0 Å². The van der Waals surface area contributed by atoms with Crippen LogP contribution in [-0.2, 0) is 51.2 Å². The molecule has 0 radical (unpaired) electrons. The van der Waals surface area contributed by atoms with Gasteiger partial charge in [0, 0.05) is 10.8 Å². The second-order valence-corrected chi connectivity index (χ2v) is 19.8. The van der Waals surface area contributed by atoms with Crippen LogP contribution in [0.15, 0.2) is 235 Å². The summed E-state index contributed by atoms with van der Waals surface area (Å²) in [6, 6.07) is 81.6. The number of rotatable bonds is 6. The Bertz CT molecular complexity index is 3010. The summed E-state index contributed by atoms with van der Waals surface area (Å²) in [7, 11) is -2.28. The van der Waals surface area contributed by atoms with Crippen molar-refractivity contribution in [3.8, 4) is 23.0 Å². The van der Waals surface area contributed by atoms with Gasteiger partial charge in [-0.1, -0.05) is 157 Å². The Balaban J connectivity index is 0.000000159. The van der Waals surface area contributed by atoms with Crippen molar-refractivity contribution >= 4 is 69.6 Å². The van der Waals surface area contributed by atoms with Crippen LogP contribution in [0.2, 0.25) is 0 Å². The third kappa shape index (κ3) is 9.96. The normalized spacial score (nSPS) is 10.8. The van der Waals surface area contributed by atoms with Crippen LogP contribution in [0.25, 0.3) is 33.1 Å². The van der Waals surface area contributed by atoms with Crippen LogP contribution >= 0.6 is 15.8 Å². The summed E-state index contributed by atoms with van der Waals surface area (Å²) in [6.07, 6.45) is 15.4. The Morgan fingerprint density at radius 2 is 0.781 bits per heavy atom. The monoisotopic (exact) mass is 1220 g/mol. The Labute approximate surface area is 410 Å². The first-order valence-electron chi connectivity index (χ1n) is 20.7. The zero-order valence-corrected chi connectivity index (χ0v) is 41.0. The number of hydrogen-bond acceptors (Lipinski definition) is 1. The van der Waals surface area contributed by atoms with Crippen molar-refractivity contribution in [1.29, 1.82) is 0 Å². The number of benzene rings is 9. The van der Waals surface area contributed by atoms with Gasteiger partial charge < -0.3 is 17.3 Å². The van der Waals surface area contributed by atoms with Crippen molar-refractivity contribution in [2.24, 2.45) is 0 Å². The molecule has 1 aromatic heterocycles. The Morgan fingerprint density at radius 1 is 0.375 bits per heavy atom. The molecule has 0 fully saturated rings. The molecule has 1 heterocycles. The smallest absolute Gasteiger partial charge is 0.474 e. The van der Waals surface area contributed by atoms with Crippen LogP contribution in [-0.4, -0.2) is 0 Å². The zero-order chi connectivity index (χ0) is 42.1. The molecule has 0 saturated carbocycles. The zero-order valence-electron chi connectivity index (χ0n) is 34.7. The first-order chi connectivity index (χ1) is 30.7. The number of hydrogen-bond donors (Lipinski definition) is 0. The van der Waals surface area contributed by atoms with E-state index in [1.54, 1.807) is 0 Å². The van der Waals surface area contributed by atoms with Gasteiger partial charge in [-0.05, 0) is 89.8 Å². The standard InChI is InChI=1S/C30H24P2.C15H9.C14H7O.2Au/c1-5-15-25(16-6-1)31(26-17-7-2-8-18-26)29-23-13-14-24-30(29)32(27-19-9-3-10-20-27)28-21-11-4-12-22-28;1-2-11-7-5-9-14-13-8-4-3-6-12(13)10-15(11)14;1-2-10-6-5-8-12-11-7-3-4-9-13(11)15-14(10)12;;/h1-24H;3-9H,10H2;3-9H;;/q;2*-1;2*+1/p+2. The van der Waals surface area contributed by atoms with Crippen molar-refractivity contribution in [3.63, 3.8) is 0 Å². The van der Waals surface area contributed by atoms with E-state index in [0.717, 1.165) is 33.9 Å². The van der Waals surface area contributed by atoms with Gasteiger partial charge in [-0.15, -0.1) is 23.3 Å². The van der Waals surface area contributed by atoms with Crippen molar-refractivity contribution in [2.45, 2.75) is 6.42 Å². The van der Waals surface area contributed by atoms with Crippen LogP contribution in [0.3, 0.4) is 0 Å². The van der Waals surface area contributed by atoms with Crippen molar-refractivity contribution in [2.75, 3.05) is 0 Å². The first kappa shape index (κ1) is 46.2. The predicted molar refractivity (Wildman–Crippen MR) is 268 cm³/mol. The fourth-order valence-corrected chi connectivity index (χ4v) is 14.4. The molecule has 0 unspecified atom stereocenters. The van der Waals surface area contributed by atoms with E-state index in [1.165, 1.54) is 54.1 Å². The van der Waals surface area contributed by atoms with E-state index in [1.807, 2.05) is 54.6 Å². The maximum absolute atomic E-state index is 7.27. The van der Waals surface area contributed by atoms with E-state index in [4.69, 9.17) is 17.3 Å². The minimum atomic E-state index is -1.14. The van der Waals surface area contributed by atoms with E-state index in [0.29, 0.717) is 5.56 Å². The molecule has 0 spiro atoms. The summed E-state index contributed by atoms with van der Waals surface area (Å²) in [4.78, 5) is 0. The summed E-state index contributed by atoms with van der Waals surface area (Å²) >= 11 is 0. The van der Waals surface area contributed by atoms with Gasteiger partial charge in [-0.25, -0.2) is 0 Å². The van der Waals surface area contributed by atoms with Crippen LogP contribution in [0.4, 0.5) is 0 Å². The molecule has 1 aliphatic rings. The topological polar surface area (TPSA) is 13.1 Å². The van der Waals surface area contributed by atoms with E-state index < -0.39 is 15.8 Å². The second-order valence-electron chi connectivity index (χ2n) is 15.0. The molecule has 9 aromatic carbocycles. The Kier molecular flexibility index (Phi) is 16.1. The van der Waals surface area contributed by atoms with Gasteiger partial charge in [0.05, 0.1) is 5.58 Å².